The molecule has 4 rings (SSSR count). The van der Waals surface area contributed by atoms with Gasteiger partial charge in [-0.25, -0.2) is 9.37 Å². The van der Waals surface area contributed by atoms with E-state index in [4.69, 9.17) is 4.74 Å². The predicted octanol–water partition coefficient (Wildman–Crippen LogP) is 4.88. The molecule has 1 heterocycles. The Balaban J connectivity index is 1.46. The minimum atomic E-state index is -1.08. The highest BCUT2D eigenvalue weighted by atomic mass is 32.1. The summed E-state index contributed by atoms with van der Waals surface area (Å²) in [5.41, 5.74) is 2.67. The summed E-state index contributed by atoms with van der Waals surface area (Å²) in [5.74, 6) is -0.696. The molecular weight excluding hydrogens is 555 g/mol. The molecule has 10 heteroatoms. The molecule has 0 aliphatic heterocycles. The molecule has 1 aromatic heterocycles. The molecule has 2 amide bonds. The Hall–Kier alpha value is -4.12. The molecule has 3 aromatic carbocycles. The zero-order valence-electron chi connectivity index (χ0n) is 24.0. The fourth-order valence-electron chi connectivity index (χ4n) is 4.64. The lowest BCUT2D eigenvalue weighted by molar-refractivity contribution is 0.0737. The maximum absolute atomic E-state index is 14.6. The number of ether oxygens (including phenoxy) is 1. The molecule has 0 fully saturated rings. The van der Waals surface area contributed by atoms with Crippen molar-refractivity contribution in [1.82, 2.24) is 20.5 Å². The minimum absolute atomic E-state index is 0.0887. The molecule has 0 bridgehead atoms. The Kier molecular flexibility index (Phi) is 10.4. The van der Waals surface area contributed by atoms with Gasteiger partial charge in [0, 0.05) is 41.4 Å². The molecule has 3 unspecified atom stereocenters. The number of aliphatic hydroxyl groups is 1. The fraction of sp³-hybridized carbons (Fsp3) is 0.281. The number of nitrogens with zero attached hydrogens (tertiary/aromatic N) is 2. The quantitative estimate of drug-likeness (QED) is 0.217. The maximum atomic E-state index is 14.6. The molecule has 3 atom stereocenters. The third-order valence-electron chi connectivity index (χ3n) is 6.92. The van der Waals surface area contributed by atoms with Crippen LogP contribution in [-0.4, -0.2) is 53.1 Å². The van der Waals surface area contributed by atoms with Crippen molar-refractivity contribution in [2.24, 2.45) is 0 Å². The lowest BCUT2D eigenvalue weighted by Gasteiger charge is -2.30. The van der Waals surface area contributed by atoms with Crippen LogP contribution in [-0.2, 0) is 13.1 Å². The molecule has 0 aliphatic rings. The van der Waals surface area contributed by atoms with E-state index in [-0.39, 0.29) is 12.5 Å². The van der Waals surface area contributed by atoms with Crippen LogP contribution >= 0.6 is 11.3 Å². The number of amides is 2. The zero-order chi connectivity index (χ0) is 30.2. The van der Waals surface area contributed by atoms with Gasteiger partial charge in [0.05, 0.1) is 31.8 Å². The van der Waals surface area contributed by atoms with Crippen LogP contribution in [0.2, 0.25) is 0 Å². The summed E-state index contributed by atoms with van der Waals surface area (Å²) in [6, 6.07) is 19.0. The van der Waals surface area contributed by atoms with Gasteiger partial charge in [-0.1, -0.05) is 42.5 Å². The van der Waals surface area contributed by atoms with Crippen molar-refractivity contribution in [3.8, 4) is 5.75 Å². The predicted molar refractivity (Wildman–Crippen MR) is 161 cm³/mol. The van der Waals surface area contributed by atoms with Crippen molar-refractivity contribution >= 4 is 23.2 Å². The SMILES string of the molecule is COc1cccc(F)c1CNC(c1ccccc1)C(O)C(C)NC(=O)c1cccc(C(=O)N(C)Cc2nc(C)cs2)c1. The van der Waals surface area contributed by atoms with Crippen LogP contribution in [0.3, 0.4) is 0 Å². The highest BCUT2D eigenvalue weighted by Gasteiger charge is 2.28. The molecule has 0 radical (unpaired) electrons. The van der Waals surface area contributed by atoms with Crippen LogP contribution in [0.15, 0.2) is 78.2 Å². The summed E-state index contributed by atoms with van der Waals surface area (Å²) >= 11 is 1.49. The largest absolute Gasteiger partial charge is 0.496 e. The van der Waals surface area contributed by atoms with Crippen molar-refractivity contribution in [1.29, 1.82) is 0 Å². The molecule has 8 nitrogen and oxygen atoms in total. The number of hydrogen-bond donors (Lipinski definition) is 3. The first-order valence-electron chi connectivity index (χ1n) is 13.5. The summed E-state index contributed by atoms with van der Waals surface area (Å²) in [5, 5.41) is 20.3. The molecule has 0 aliphatic carbocycles. The normalized spacial score (nSPS) is 13.2. The molecule has 0 saturated carbocycles. The summed E-state index contributed by atoms with van der Waals surface area (Å²) in [6.45, 7) is 4.05. The van der Waals surface area contributed by atoms with Crippen LogP contribution in [0.25, 0.3) is 0 Å². The first kappa shape index (κ1) is 30.8. The molecule has 0 spiro atoms. The number of carbonyl (C=O) groups is 2. The summed E-state index contributed by atoms with van der Waals surface area (Å²) in [6.07, 6.45) is -1.08. The second kappa shape index (κ2) is 14.2. The molecular formula is C32H35FN4O4S. The minimum Gasteiger partial charge on any atom is -0.496 e. The maximum Gasteiger partial charge on any atom is 0.253 e. The van der Waals surface area contributed by atoms with E-state index in [1.807, 2.05) is 42.6 Å². The van der Waals surface area contributed by atoms with Gasteiger partial charge in [-0.2, -0.15) is 0 Å². The van der Waals surface area contributed by atoms with Crippen molar-refractivity contribution in [2.45, 2.75) is 45.1 Å². The number of aromatic nitrogens is 1. The smallest absolute Gasteiger partial charge is 0.253 e. The highest BCUT2D eigenvalue weighted by Crippen LogP contribution is 2.25. The number of rotatable bonds is 12. The van der Waals surface area contributed by atoms with Crippen molar-refractivity contribution < 1.29 is 23.8 Å². The zero-order valence-corrected chi connectivity index (χ0v) is 24.8. The fourth-order valence-corrected chi connectivity index (χ4v) is 5.46. The van der Waals surface area contributed by atoms with E-state index in [0.29, 0.717) is 29.0 Å². The standard InChI is InChI=1S/C32H35FN4O4S/c1-20-19-42-28(35-20)18-37(3)32(40)24-13-8-12-23(16-24)31(39)36-21(2)30(38)29(22-10-6-5-7-11-22)34-17-25-26(33)14-9-15-27(25)41-4/h5-16,19,21,29-30,34,38H,17-18H2,1-4H3,(H,36,39). The van der Waals surface area contributed by atoms with E-state index in [9.17, 15) is 19.1 Å². The number of aliphatic hydroxyl groups excluding tert-OH is 1. The van der Waals surface area contributed by atoms with Crippen molar-refractivity contribution in [2.75, 3.05) is 14.2 Å². The topological polar surface area (TPSA) is 104 Å². The Labute approximate surface area is 249 Å². The van der Waals surface area contributed by atoms with Gasteiger partial charge < -0.3 is 25.4 Å². The number of halogens is 1. The van der Waals surface area contributed by atoms with Crippen LogP contribution in [0, 0.1) is 12.7 Å². The lowest BCUT2D eigenvalue weighted by Crippen LogP contribution is -2.47. The highest BCUT2D eigenvalue weighted by molar-refractivity contribution is 7.09. The molecule has 4 aromatic rings. The van der Waals surface area contributed by atoms with Gasteiger partial charge in [0.25, 0.3) is 11.8 Å². The molecule has 42 heavy (non-hydrogen) atoms. The number of aryl methyl sites for hydroxylation is 1. The van der Waals surface area contributed by atoms with Crippen LogP contribution in [0.1, 0.15) is 55.5 Å². The number of thiazole rings is 1. The number of methoxy groups -OCH3 is 1. The van der Waals surface area contributed by atoms with E-state index < -0.39 is 29.9 Å². The van der Waals surface area contributed by atoms with Gasteiger partial charge in [-0.3, -0.25) is 9.59 Å². The van der Waals surface area contributed by atoms with Gasteiger partial charge >= 0.3 is 0 Å². The monoisotopic (exact) mass is 590 g/mol. The first-order chi connectivity index (χ1) is 20.2. The first-order valence-corrected chi connectivity index (χ1v) is 14.4. The molecule has 220 valence electrons. The third-order valence-corrected chi connectivity index (χ3v) is 7.87. The third kappa shape index (κ3) is 7.58. The average molecular weight is 591 g/mol. The summed E-state index contributed by atoms with van der Waals surface area (Å²) in [4.78, 5) is 32.2. The van der Waals surface area contributed by atoms with Gasteiger partial charge in [-0.15, -0.1) is 11.3 Å². The number of benzene rings is 3. The molecule has 3 N–H and O–H groups in total. The Morgan fingerprint density at radius 3 is 2.48 bits per heavy atom. The average Bonchev–Trinajstić information content (AvgIpc) is 3.41. The van der Waals surface area contributed by atoms with Crippen molar-refractivity contribution in [3.63, 3.8) is 0 Å². The van der Waals surface area contributed by atoms with E-state index in [2.05, 4.69) is 15.6 Å². The van der Waals surface area contributed by atoms with Gasteiger partial charge in [0.2, 0.25) is 0 Å². The van der Waals surface area contributed by atoms with Crippen LogP contribution in [0.5, 0.6) is 5.75 Å². The van der Waals surface area contributed by atoms with Gasteiger partial charge in [0.1, 0.15) is 16.6 Å². The van der Waals surface area contributed by atoms with E-state index in [1.165, 1.54) is 30.6 Å². The number of nitrogens with one attached hydrogen (secondary N) is 2. The Morgan fingerprint density at radius 2 is 1.79 bits per heavy atom. The Bertz CT molecular complexity index is 1510. The lowest BCUT2D eigenvalue weighted by atomic mass is 9.96. The molecule has 0 saturated heterocycles. The Morgan fingerprint density at radius 1 is 1.07 bits per heavy atom. The van der Waals surface area contributed by atoms with Crippen LogP contribution in [0.4, 0.5) is 4.39 Å². The summed E-state index contributed by atoms with van der Waals surface area (Å²) < 4.78 is 19.9. The second-order valence-corrected chi connectivity index (χ2v) is 11.0. The van der Waals surface area contributed by atoms with E-state index >= 15 is 0 Å². The van der Waals surface area contributed by atoms with E-state index in [1.54, 1.807) is 49.2 Å². The van der Waals surface area contributed by atoms with E-state index in [0.717, 1.165) is 16.3 Å². The van der Waals surface area contributed by atoms with Crippen LogP contribution < -0.4 is 15.4 Å². The van der Waals surface area contributed by atoms with Gasteiger partial charge in [-0.05, 0) is 49.7 Å². The summed E-state index contributed by atoms with van der Waals surface area (Å²) in [7, 11) is 3.17. The number of hydrogen-bond acceptors (Lipinski definition) is 7. The second-order valence-electron chi connectivity index (χ2n) is 10.1. The van der Waals surface area contributed by atoms with Gasteiger partial charge in [0.15, 0.2) is 0 Å². The van der Waals surface area contributed by atoms with Crippen molar-refractivity contribution in [3.05, 3.63) is 117 Å². The number of carbonyl (C=O) groups excluding carboxylic acids is 2.